The zero-order chi connectivity index (χ0) is 16.2. The number of ether oxygens (including phenoxy) is 1. The molecule has 0 aromatic carbocycles. The molecule has 6 nitrogen and oxygen atoms in total. The third-order valence-electron chi connectivity index (χ3n) is 4.01. The molecular formula is C17H20N4O2. The first kappa shape index (κ1) is 15.4. The molecule has 2 aromatic heterocycles. The summed E-state index contributed by atoms with van der Waals surface area (Å²) in [4.78, 5) is 27.5. The second kappa shape index (κ2) is 6.73. The first-order chi connectivity index (χ1) is 11.2. The van der Waals surface area contributed by atoms with Crippen LogP contribution >= 0.6 is 0 Å². The quantitative estimate of drug-likeness (QED) is 0.809. The number of aromatic nitrogens is 3. The van der Waals surface area contributed by atoms with Crippen LogP contribution in [0.4, 0.5) is 5.82 Å². The average molecular weight is 312 g/mol. The molecule has 0 spiro atoms. The van der Waals surface area contributed by atoms with Crippen LogP contribution in [0.15, 0.2) is 30.7 Å². The maximum atomic E-state index is 12.2. The number of carbonyl (C=O) groups excluding carboxylic acids is 1. The van der Waals surface area contributed by atoms with Crippen molar-refractivity contribution < 1.29 is 9.53 Å². The molecule has 0 bridgehead atoms. The molecule has 1 atom stereocenters. The Morgan fingerprint density at radius 1 is 1.43 bits per heavy atom. The maximum Gasteiger partial charge on any atom is 0.343 e. The van der Waals surface area contributed by atoms with Gasteiger partial charge in [0.1, 0.15) is 11.4 Å². The summed E-state index contributed by atoms with van der Waals surface area (Å²) in [6, 6.07) is 4.10. The SMILES string of the molecule is CCOC(=O)c1cnc(-c2cccnc2)nc1N1CCCC1C. The minimum atomic E-state index is -0.376. The number of esters is 1. The fourth-order valence-corrected chi connectivity index (χ4v) is 2.83. The van der Waals surface area contributed by atoms with Crippen molar-refractivity contribution in [3.05, 3.63) is 36.3 Å². The average Bonchev–Trinajstić information content (AvgIpc) is 3.01. The second-order valence-corrected chi connectivity index (χ2v) is 5.58. The maximum absolute atomic E-state index is 12.2. The minimum Gasteiger partial charge on any atom is -0.462 e. The third-order valence-corrected chi connectivity index (χ3v) is 4.01. The molecule has 0 N–H and O–H groups in total. The van der Waals surface area contributed by atoms with Gasteiger partial charge in [0.2, 0.25) is 0 Å². The normalized spacial score (nSPS) is 17.3. The van der Waals surface area contributed by atoms with Gasteiger partial charge in [-0.1, -0.05) is 0 Å². The van der Waals surface area contributed by atoms with Crippen LogP contribution in [0.3, 0.4) is 0 Å². The highest BCUT2D eigenvalue weighted by molar-refractivity contribution is 5.95. The topological polar surface area (TPSA) is 68.2 Å². The lowest BCUT2D eigenvalue weighted by Gasteiger charge is -2.24. The number of anilines is 1. The Labute approximate surface area is 135 Å². The molecule has 0 radical (unpaired) electrons. The predicted octanol–water partition coefficient (Wildman–Crippen LogP) is 2.70. The van der Waals surface area contributed by atoms with E-state index >= 15 is 0 Å². The zero-order valence-electron chi connectivity index (χ0n) is 13.4. The Balaban J connectivity index is 2.05. The molecule has 1 aliphatic rings. The van der Waals surface area contributed by atoms with Gasteiger partial charge in [-0.15, -0.1) is 0 Å². The van der Waals surface area contributed by atoms with Gasteiger partial charge in [0.15, 0.2) is 5.82 Å². The van der Waals surface area contributed by atoms with Crippen molar-refractivity contribution >= 4 is 11.8 Å². The number of pyridine rings is 1. The molecule has 3 rings (SSSR count). The van der Waals surface area contributed by atoms with Gasteiger partial charge in [-0.3, -0.25) is 4.98 Å². The van der Waals surface area contributed by atoms with Crippen molar-refractivity contribution in [3.8, 4) is 11.4 Å². The first-order valence-electron chi connectivity index (χ1n) is 7.92. The van der Waals surface area contributed by atoms with Gasteiger partial charge in [0, 0.05) is 36.7 Å². The second-order valence-electron chi connectivity index (χ2n) is 5.58. The van der Waals surface area contributed by atoms with Crippen molar-refractivity contribution in [3.63, 3.8) is 0 Å². The molecule has 0 saturated carbocycles. The summed E-state index contributed by atoms with van der Waals surface area (Å²) in [7, 11) is 0. The standard InChI is InChI=1S/C17H20N4O2/c1-3-23-17(22)14-11-19-15(13-7-4-8-18-10-13)20-16(14)21-9-5-6-12(21)2/h4,7-8,10-12H,3,5-6,9H2,1-2H3. The van der Waals surface area contributed by atoms with Gasteiger partial charge < -0.3 is 9.64 Å². The van der Waals surface area contributed by atoms with E-state index in [-0.39, 0.29) is 5.97 Å². The summed E-state index contributed by atoms with van der Waals surface area (Å²) in [5, 5.41) is 0. The van der Waals surface area contributed by atoms with Crippen LogP contribution in [-0.4, -0.2) is 40.1 Å². The molecule has 6 heteroatoms. The van der Waals surface area contributed by atoms with E-state index in [9.17, 15) is 4.79 Å². The number of hydrogen-bond donors (Lipinski definition) is 0. The van der Waals surface area contributed by atoms with Gasteiger partial charge in [0.25, 0.3) is 0 Å². The zero-order valence-corrected chi connectivity index (χ0v) is 13.4. The monoisotopic (exact) mass is 312 g/mol. The number of carbonyl (C=O) groups is 1. The van der Waals surface area contributed by atoms with Crippen LogP contribution in [0.2, 0.25) is 0 Å². The third kappa shape index (κ3) is 3.16. The highest BCUT2D eigenvalue weighted by atomic mass is 16.5. The lowest BCUT2D eigenvalue weighted by Crippen LogP contribution is -2.29. The van der Waals surface area contributed by atoms with Crippen LogP contribution < -0.4 is 4.90 Å². The first-order valence-corrected chi connectivity index (χ1v) is 7.92. The van der Waals surface area contributed by atoms with Crippen LogP contribution in [0, 0.1) is 0 Å². The highest BCUT2D eigenvalue weighted by Gasteiger charge is 2.27. The van der Waals surface area contributed by atoms with Crippen molar-refractivity contribution in [1.29, 1.82) is 0 Å². The summed E-state index contributed by atoms with van der Waals surface area (Å²) < 4.78 is 5.15. The van der Waals surface area contributed by atoms with Crippen LogP contribution in [0.1, 0.15) is 37.0 Å². The van der Waals surface area contributed by atoms with E-state index in [2.05, 4.69) is 26.8 Å². The van der Waals surface area contributed by atoms with E-state index in [1.54, 1.807) is 25.5 Å². The Kier molecular flexibility index (Phi) is 4.50. The smallest absolute Gasteiger partial charge is 0.343 e. The summed E-state index contributed by atoms with van der Waals surface area (Å²) >= 11 is 0. The highest BCUT2D eigenvalue weighted by Crippen LogP contribution is 2.28. The largest absolute Gasteiger partial charge is 0.462 e. The fraction of sp³-hybridized carbons (Fsp3) is 0.412. The van der Waals surface area contributed by atoms with E-state index in [0.717, 1.165) is 24.9 Å². The van der Waals surface area contributed by atoms with E-state index in [0.29, 0.717) is 29.9 Å². The van der Waals surface area contributed by atoms with E-state index in [4.69, 9.17) is 4.74 Å². The molecule has 3 heterocycles. The molecule has 23 heavy (non-hydrogen) atoms. The number of hydrogen-bond acceptors (Lipinski definition) is 6. The van der Waals surface area contributed by atoms with Crippen molar-refractivity contribution in [2.75, 3.05) is 18.1 Å². The molecule has 0 amide bonds. The molecule has 120 valence electrons. The van der Waals surface area contributed by atoms with Crippen molar-refractivity contribution in [1.82, 2.24) is 15.0 Å². The predicted molar refractivity (Wildman–Crippen MR) is 87.3 cm³/mol. The fourth-order valence-electron chi connectivity index (χ4n) is 2.83. The Hall–Kier alpha value is -2.50. The lowest BCUT2D eigenvalue weighted by atomic mass is 10.2. The molecule has 2 aromatic rings. The van der Waals surface area contributed by atoms with Crippen molar-refractivity contribution in [2.24, 2.45) is 0 Å². The van der Waals surface area contributed by atoms with Crippen LogP contribution in [0.25, 0.3) is 11.4 Å². The van der Waals surface area contributed by atoms with Gasteiger partial charge >= 0.3 is 5.97 Å². The van der Waals surface area contributed by atoms with E-state index in [1.165, 1.54) is 0 Å². The Morgan fingerprint density at radius 3 is 2.96 bits per heavy atom. The van der Waals surface area contributed by atoms with Gasteiger partial charge in [-0.25, -0.2) is 14.8 Å². The summed E-state index contributed by atoms with van der Waals surface area (Å²) in [5.74, 6) is 0.849. The van der Waals surface area contributed by atoms with Gasteiger partial charge in [0.05, 0.1) is 6.61 Å². The minimum absolute atomic E-state index is 0.332. The van der Waals surface area contributed by atoms with Crippen LogP contribution in [-0.2, 0) is 4.74 Å². The Bertz CT molecular complexity index is 690. The summed E-state index contributed by atoms with van der Waals surface area (Å²) in [6.45, 7) is 5.16. The summed E-state index contributed by atoms with van der Waals surface area (Å²) in [6.07, 6.45) is 7.17. The molecule has 1 saturated heterocycles. The lowest BCUT2D eigenvalue weighted by molar-refractivity contribution is 0.0526. The van der Waals surface area contributed by atoms with Crippen LogP contribution in [0.5, 0.6) is 0 Å². The number of rotatable bonds is 4. The van der Waals surface area contributed by atoms with Crippen molar-refractivity contribution in [2.45, 2.75) is 32.7 Å². The van der Waals surface area contributed by atoms with E-state index in [1.807, 2.05) is 12.1 Å². The molecule has 1 fully saturated rings. The molecular weight excluding hydrogens is 292 g/mol. The molecule has 0 aliphatic carbocycles. The van der Waals surface area contributed by atoms with Gasteiger partial charge in [-0.2, -0.15) is 0 Å². The molecule has 1 unspecified atom stereocenters. The Morgan fingerprint density at radius 2 is 2.30 bits per heavy atom. The van der Waals surface area contributed by atoms with Gasteiger partial charge in [-0.05, 0) is 38.8 Å². The molecule has 1 aliphatic heterocycles. The summed E-state index contributed by atoms with van der Waals surface area (Å²) in [5.41, 5.74) is 1.25. The van der Waals surface area contributed by atoms with E-state index < -0.39 is 0 Å². The number of nitrogens with zero attached hydrogens (tertiary/aromatic N) is 4.